The summed E-state index contributed by atoms with van der Waals surface area (Å²) in [4.78, 5) is 2.28. The summed E-state index contributed by atoms with van der Waals surface area (Å²) in [5.41, 5.74) is 7.13. The van der Waals surface area contributed by atoms with Gasteiger partial charge in [-0.1, -0.05) is 26.0 Å². The van der Waals surface area contributed by atoms with Gasteiger partial charge in [0.15, 0.2) is 0 Å². The van der Waals surface area contributed by atoms with E-state index in [0.29, 0.717) is 19.1 Å². The van der Waals surface area contributed by atoms with Crippen molar-refractivity contribution in [2.45, 2.75) is 60.9 Å². The van der Waals surface area contributed by atoms with Gasteiger partial charge >= 0.3 is 0 Å². The van der Waals surface area contributed by atoms with E-state index in [1.54, 1.807) is 7.11 Å². The number of likely N-dealkylation sites (N-methyl/N-ethyl adjacent to an activating group) is 1. The second-order valence-electron chi connectivity index (χ2n) is 8.43. The molecular weight excluding hydrogens is 374 g/mol. The number of methoxy groups -OCH3 is 1. The number of ether oxygens (including phenoxy) is 3. The highest BCUT2D eigenvalue weighted by molar-refractivity contribution is 5.58. The molecule has 0 aliphatic carbocycles. The van der Waals surface area contributed by atoms with Crippen LogP contribution in [0.3, 0.4) is 0 Å². The third-order valence-electron chi connectivity index (χ3n) is 5.75. The highest BCUT2D eigenvalue weighted by Gasteiger charge is 2.20. The van der Waals surface area contributed by atoms with E-state index in [1.165, 1.54) is 16.7 Å². The van der Waals surface area contributed by atoms with E-state index >= 15 is 0 Å². The van der Waals surface area contributed by atoms with Crippen LogP contribution in [0.5, 0.6) is 17.2 Å². The summed E-state index contributed by atoms with van der Waals surface area (Å²) in [5.74, 6) is 3.38. The second-order valence-corrected chi connectivity index (χ2v) is 8.43. The lowest BCUT2D eigenvalue weighted by molar-refractivity contribution is 0.228. The van der Waals surface area contributed by atoms with Crippen LogP contribution in [-0.2, 0) is 6.54 Å². The van der Waals surface area contributed by atoms with Crippen LogP contribution in [0, 0.1) is 27.7 Å². The van der Waals surface area contributed by atoms with Crippen LogP contribution in [0.15, 0.2) is 18.2 Å². The Morgan fingerprint density at radius 1 is 0.933 bits per heavy atom. The highest BCUT2D eigenvalue weighted by atomic mass is 16.5. The van der Waals surface area contributed by atoms with Gasteiger partial charge in [-0.15, -0.1) is 0 Å². The van der Waals surface area contributed by atoms with E-state index in [-0.39, 0.29) is 0 Å². The largest absolute Gasteiger partial charge is 0.496 e. The monoisotopic (exact) mass is 413 g/mol. The smallest absolute Gasteiger partial charge is 0.127 e. The van der Waals surface area contributed by atoms with Gasteiger partial charge in [0, 0.05) is 18.7 Å². The molecule has 166 valence electrons. The first-order chi connectivity index (χ1) is 14.2. The van der Waals surface area contributed by atoms with Gasteiger partial charge < -0.3 is 14.2 Å². The fourth-order valence-electron chi connectivity index (χ4n) is 3.89. The van der Waals surface area contributed by atoms with Crippen LogP contribution >= 0.6 is 0 Å². The van der Waals surface area contributed by atoms with Crippen LogP contribution in [-0.4, -0.2) is 38.8 Å². The van der Waals surface area contributed by atoms with Crippen LogP contribution in [0.25, 0.3) is 0 Å². The Balaban J connectivity index is 2.14. The maximum atomic E-state index is 6.18. The van der Waals surface area contributed by atoms with Gasteiger partial charge in [0.1, 0.15) is 23.9 Å². The molecule has 2 aromatic carbocycles. The highest BCUT2D eigenvalue weighted by Crippen LogP contribution is 2.38. The molecule has 0 fully saturated rings. The topological polar surface area (TPSA) is 30.9 Å². The van der Waals surface area contributed by atoms with Gasteiger partial charge in [0.2, 0.25) is 0 Å². The Kier molecular flexibility index (Phi) is 8.60. The molecule has 0 radical (unpaired) electrons. The second kappa shape index (κ2) is 10.7. The molecule has 4 nitrogen and oxygen atoms in total. The molecule has 0 bridgehead atoms. The van der Waals surface area contributed by atoms with Crippen LogP contribution in [0.2, 0.25) is 0 Å². The number of benzene rings is 2. The van der Waals surface area contributed by atoms with Crippen molar-refractivity contribution in [2.24, 2.45) is 0 Å². The third kappa shape index (κ3) is 5.48. The van der Waals surface area contributed by atoms with E-state index in [4.69, 9.17) is 14.2 Å². The molecule has 0 aliphatic heterocycles. The number of aryl methyl sites for hydroxylation is 1. The summed E-state index contributed by atoms with van der Waals surface area (Å²) in [6, 6.07) is 6.47. The van der Waals surface area contributed by atoms with Crippen molar-refractivity contribution in [1.82, 2.24) is 4.90 Å². The summed E-state index contributed by atoms with van der Waals surface area (Å²) in [6.45, 7) is 17.8. The average molecular weight is 414 g/mol. The fourth-order valence-corrected chi connectivity index (χ4v) is 3.89. The zero-order valence-electron chi connectivity index (χ0n) is 20.3. The molecule has 0 atom stereocenters. The molecule has 0 saturated heterocycles. The zero-order chi connectivity index (χ0) is 22.4. The Hall–Kier alpha value is -2.20. The fraction of sp³-hybridized carbons (Fsp3) is 0.538. The summed E-state index contributed by atoms with van der Waals surface area (Å²) in [7, 11) is 3.87. The summed E-state index contributed by atoms with van der Waals surface area (Å²) < 4.78 is 17.9. The molecule has 0 unspecified atom stereocenters. The maximum absolute atomic E-state index is 6.18. The lowest BCUT2D eigenvalue weighted by atomic mass is 9.97. The van der Waals surface area contributed by atoms with Crippen molar-refractivity contribution in [3.8, 4) is 17.2 Å². The van der Waals surface area contributed by atoms with Gasteiger partial charge in [-0.2, -0.15) is 0 Å². The van der Waals surface area contributed by atoms with Crippen molar-refractivity contribution in [3.05, 3.63) is 51.6 Å². The van der Waals surface area contributed by atoms with E-state index in [1.807, 2.05) is 6.92 Å². The Morgan fingerprint density at radius 2 is 1.60 bits per heavy atom. The molecule has 0 spiro atoms. The molecule has 0 saturated carbocycles. The van der Waals surface area contributed by atoms with Crippen LogP contribution < -0.4 is 14.2 Å². The number of hydrogen-bond acceptors (Lipinski definition) is 4. The minimum atomic E-state index is 0.442. The predicted octanol–water partition coefficient (Wildman–Crippen LogP) is 5.96. The van der Waals surface area contributed by atoms with Crippen molar-refractivity contribution >= 4 is 0 Å². The summed E-state index contributed by atoms with van der Waals surface area (Å²) >= 11 is 0. The molecule has 4 heteroatoms. The first-order valence-electron chi connectivity index (χ1n) is 10.9. The minimum Gasteiger partial charge on any atom is -0.496 e. The predicted molar refractivity (Wildman–Crippen MR) is 125 cm³/mol. The van der Waals surface area contributed by atoms with Crippen molar-refractivity contribution in [1.29, 1.82) is 0 Å². The maximum Gasteiger partial charge on any atom is 0.127 e. The Morgan fingerprint density at radius 3 is 2.20 bits per heavy atom. The molecule has 0 N–H and O–H groups in total. The van der Waals surface area contributed by atoms with E-state index in [0.717, 1.165) is 47.0 Å². The van der Waals surface area contributed by atoms with Gasteiger partial charge in [0.05, 0.1) is 13.7 Å². The van der Waals surface area contributed by atoms with Gasteiger partial charge in [0.25, 0.3) is 0 Å². The Bertz CT molecular complexity index is 858. The van der Waals surface area contributed by atoms with Crippen molar-refractivity contribution in [2.75, 3.05) is 33.9 Å². The number of rotatable bonds is 10. The lowest BCUT2D eigenvalue weighted by Gasteiger charge is -2.25. The standard InChI is InChI=1S/C26H39NO3/c1-10-29-25-19(5)20(6)26(28-9)23(21(25)7)16-27(8)13-14-30-24-15-18(4)11-12-22(24)17(2)3/h11-12,15,17H,10,13-14,16H2,1-9H3. The van der Waals surface area contributed by atoms with Crippen molar-refractivity contribution in [3.63, 3.8) is 0 Å². The molecule has 0 heterocycles. The molecule has 2 aromatic rings. The summed E-state index contributed by atoms with van der Waals surface area (Å²) in [6.07, 6.45) is 0. The molecule has 0 aromatic heterocycles. The van der Waals surface area contributed by atoms with E-state index in [2.05, 4.69) is 71.7 Å². The molecule has 2 rings (SSSR count). The quantitative estimate of drug-likeness (QED) is 0.481. The Labute approximate surface area is 183 Å². The molecule has 0 amide bonds. The zero-order valence-corrected chi connectivity index (χ0v) is 20.3. The van der Waals surface area contributed by atoms with Gasteiger partial charge in [-0.25, -0.2) is 0 Å². The SMILES string of the molecule is CCOc1c(C)c(C)c(OC)c(CN(C)CCOc2cc(C)ccc2C(C)C)c1C. The van der Waals surface area contributed by atoms with Crippen LogP contribution in [0.4, 0.5) is 0 Å². The molecule has 0 aliphatic rings. The average Bonchev–Trinajstić information content (AvgIpc) is 2.69. The van der Waals surface area contributed by atoms with Gasteiger partial charge in [-0.05, 0) is 81.5 Å². The lowest BCUT2D eigenvalue weighted by Crippen LogP contribution is -2.25. The minimum absolute atomic E-state index is 0.442. The number of hydrogen-bond donors (Lipinski definition) is 0. The molecule has 30 heavy (non-hydrogen) atoms. The first kappa shape index (κ1) is 24.1. The normalized spacial score (nSPS) is 11.3. The van der Waals surface area contributed by atoms with Crippen LogP contribution in [0.1, 0.15) is 60.1 Å². The third-order valence-corrected chi connectivity index (χ3v) is 5.75. The summed E-state index contributed by atoms with van der Waals surface area (Å²) in [5, 5.41) is 0. The van der Waals surface area contributed by atoms with Crippen molar-refractivity contribution < 1.29 is 14.2 Å². The first-order valence-corrected chi connectivity index (χ1v) is 10.9. The van der Waals surface area contributed by atoms with E-state index in [9.17, 15) is 0 Å². The van der Waals surface area contributed by atoms with E-state index < -0.39 is 0 Å². The molecular formula is C26H39NO3. The van der Waals surface area contributed by atoms with Gasteiger partial charge in [-0.3, -0.25) is 4.90 Å². The number of nitrogens with zero attached hydrogens (tertiary/aromatic N) is 1.